The lowest BCUT2D eigenvalue weighted by molar-refractivity contribution is 0.659. The second-order valence-corrected chi connectivity index (χ2v) is 16.4. The minimum Gasteiger partial charge on any atom is -0.341 e. The van der Waals surface area contributed by atoms with Crippen molar-refractivity contribution < 1.29 is 0 Å². The SMILES string of the molecule is C=C/C=C\C=C/CN1C2=C(CCC=C2)N(c2ccc(/C=C/c3ccc4c(c3)C(C)(C)c3cc(N5CCCc6ccccc65)ccc3-4)c3ccccc23)c2ccccc21. The Kier molecular flexibility index (Phi) is 9.10. The molecule has 0 fully saturated rings. The Morgan fingerprint density at radius 1 is 0.672 bits per heavy atom. The standard InChI is InChI=1S/C55H49N3/c1-4-5-6-7-16-35-57-51-23-12-14-25-53(51)58(54-26-15-13-24-52(54)57)50-34-30-40(43-20-9-10-21-46(43)50)29-27-39-28-32-44-45-33-31-42(38-48(45)55(2,3)47(44)37-39)56-36-17-19-41-18-8-11-22-49(41)56/h4-14,16,18,20-25,27-34,37-38H,1,15,17,19,26,35-36H2,2-3H3/b6-5-,16-7-,29-27+. The van der Waals surface area contributed by atoms with Gasteiger partial charge in [-0.15, -0.1) is 0 Å². The molecule has 0 saturated heterocycles. The Hall–Kier alpha value is -6.58. The first-order chi connectivity index (χ1) is 28.5. The van der Waals surface area contributed by atoms with Crippen molar-refractivity contribution in [3.63, 3.8) is 0 Å². The zero-order valence-corrected chi connectivity index (χ0v) is 33.5. The Balaban J connectivity index is 0.977. The van der Waals surface area contributed by atoms with E-state index >= 15 is 0 Å². The number of para-hydroxylation sites is 3. The molecule has 0 bridgehead atoms. The van der Waals surface area contributed by atoms with Gasteiger partial charge in [0.2, 0.25) is 0 Å². The highest BCUT2D eigenvalue weighted by atomic mass is 15.3. The summed E-state index contributed by atoms with van der Waals surface area (Å²) in [5.74, 6) is 0. The van der Waals surface area contributed by atoms with Gasteiger partial charge in [-0.1, -0.05) is 154 Å². The fraction of sp³-hybridized carbons (Fsp3) is 0.164. The molecule has 0 amide bonds. The van der Waals surface area contributed by atoms with Crippen molar-refractivity contribution in [2.24, 2.45) is 0 Å². The van der Waals surface area contributed by atoms with Crippen LogP contribution in [-0.4, -0.2) is 13.1 Å². The number of aryl methyl sites for hydroxylation is 1. The predicted molar refractivity (Wildman–Crippen MR) is 248 cm³/mol. The van der Waals surface area contributed by atoms with Crippen LogP contribution in [0, 0.1) is 0 Å². The molecule has 0 N–H and O–H groups in total. The first kappa shape index (κ1) is 35.8. The zero-order chi connectivity index (χ0) is 39.2. The van der Waals surface area contributed by atoms with Crippen molar-refractivity contribution in [3.8, 4) is 11.1 Å². The number of fused-ring (bicyclic) bond motifs is 6. The van der Waals surface area contributed by atoms with Gasteiger partial charge in [0.05, 0.1) is 22.8 Å². The van der Waals surface area contributed by atoms with Crippen LogP contribution in [0.25, 0.3) is 34.1 Å². The Morgan fingerprint density at radius 3 is 2.29 bits per heavy atom. The number of benzene rings is 6. The number of anilines is 5. The van der Waals surface area contributed by atoms with Gasteiger partial charge in [0.15, 0.2) is 0 Å². The third-order valence-corrected chi connectivity index (χ3v) is 12.6. The number of hydrogen-bond donors (Lipinski definition) is 0. The van der Waals surface area contributed by atoms with Crippen LogP contribution in [0.15, 0.2) is 182 Å². The molecule has 0 atom stereocenters. The molecule has 6 aromatic carbocycles. The summed E-state index contributed by atoms with van der Waals surface area (Å²) < 4.78 is 0. The summed E-state index contributed by atoms with van der Waals surface area (Å²) in [7, 11) is 0. The number of rotatable bonds is 8. The maximum absolute atomic E-state index is 3.80. The molecule has 0 aromatic heterocycles. The third kappa shape index (κ3) is 6.05. The monoisotopic (exact) mass is 751 g/mol. The molecule has 2 aliphatic heterocycles. The van der Waals surface area contributed by atoms with Crippen molar-refractivity contribution in [2.45, 2.75) is 44.9 Å². The van der Waals surface area contributed by atoms with Crippen LogP contribution in [0.1, 0.15) is 60.9 Å². The molecular formula is C55H49N3. The highest BCUT2D eigenvalue weighted by Gasteiger charge is 2.36. The maximum Gasteiger partial charge on any atom is 0.0697 e. The molecule has 284 valence electrons. The van der Waals surface area contributed by atoms with Crippen molar-refractivity contribution in [1.29, 1.82) is 0 Å². The summed E-state index contributed by atoms with van der Waals surface area (Å²) in [5, 5.41) is 2.50. The summed E-state index contributed by atoms with van der Waals surface area (Å²) in [4.78, 5) is 7.50. The van der Waals surface area contributed by atoms with Crippen LogP contribution in [0.2, 0.25) is 0 Å². The lowest BCUT2D eigenvalue weighted by Crippen LogP contribution is -2.34. The molecule has 2 aliphatic carbocycles. The maximum atomic E-state index is 3.80. The molecule has 6 aromatic rings. The molecule has 4 aliphatic rings. The van der Waals surface area contributed by atoms with Gasteiger partial charge in [-0.3, -0.25) is 0 Å². The summed E-state index contributed by atoms with van der Waals surface area (Å²) in [5.41, 5.74) is 18.2. The summed E-state index contributed by atoms with van der Waals surface area (Å²) in [6, 6.07) is 45.5. The van der Waals surface area contributed by atoms with Gasteiger partial charge >= 0.3 is 0 Å². The van der Waals surface area contributed by atoms with E-state index in [9.17, 15) is 0 Å². The third-order valence-electron chi connectivity index (χ3n) is 12.6. The molecule has 3 heteroatoms. The van der Waals surface area contributed by atoms with Gasteiger partial charge in [0.25, 0.3) is 0 Å². The van der Waals surface area contributed by atoms with Gasteiger partial charge in [0.1, 0.15) is 0 Å². The van der Waals surface area contributed by atoms with Gasteiger partial charge < -0.3 is 14.7 Å². The average Bonchev–Trinajstić information content (AvgIpc) is 3.49. The lowest BCUT2D eigenvalue weighted by Gasteiger charge is -2.42. The second kappa shape index (κ2) is 14.7. The molecule has 0 radical (unpaired) electrons. The fourth-order valence-corrected chi connectivity index (χ4v) is 9.78. The molecule has 0 saturated carbocycles. The second-order valence-electron chi connectivity index (χ2n) is 16.4. The largest absolute Gasteiger partial charge is 0.341 e. The lowest BCUT2D eigenvalue weighted by atomic mass is 9.81. The highest BCUT2D eigenvalue weighted by Crippen LogP contribution is 2.51. The smallest absolute Gasteiger partial charge is 0.0697 e. The van der Waals surface area contributed by atoms with E-state index in [1.54, 1.807) is 0 Å². The van der Waals surface area contributed by atoms with E-state index in [1.165, 1.54) is 96.0 Å². The van der Waals surface area contributed by atoms with Gasteiger partial charge in [-0.25, -0.2) is 0 Å². The van der Waals surface area contributed by atoms with Crippen molar-refractivity contribution >= 4 is 51.4 Å². The molecular weight excluding hydrogens is 703 g/mol. The van der Waals surface area contributed by atoms with Gasteiger partial charge in [-0.05, 0) is 112 Å². The Bertz CT molecular complexity index is 2750. The van der Waals surface area contributed by atoms with E-state index in [0.29, 0.717) is 0 Å². The van der Waals surface area contributed by atoms with E-state index in [4.69, 9.17) is 0 Å². The van der Waals surface area contributed by atoms with Gasteiger partial charge in [0, 0.05) is 41.0 Å². The number of hydrogen-bond acceptors (Lipinski definition) is 3. The summed E-state index contributed by atoms with van der Waals surface area (Å²) in [6.45, 7) is 10.4. The summed E-state index contributed by atoms with van der Waals surface area (Å²) in [6.07, 6.45) is 23.7. The van der Waals surface area contributed by atoms with Crippen LogP contribution in [-0.2, 0) is 11.8 Å². The van der Waals surface area contributed by atoms with E-state index in [0.717, 1.165) is 32.4 Å². The van der Waals surface area contributed by atoms with E-state index in [2.05, 4.69) is 193 Å². The summed E-state index contributed by atoms with van der Waals surface area (Å²) >= 11 is 0. The highest BCUT2D eigenvalue weighted by molar-refractivity contribution is 6.04. The van der Waals surface area contributed by atoms with Crippen molar-refractivity contribution in [1.82, 2.24) is 0 Å². The zero-order valence-electron chi connectivity index (χ0n) is 33.5. The van der Waals surface area contributed by atoms with Crippen LogP contribution < -0.4 is 14.7 Å². The number of nitrogens with zero attached hydrogens (tertiary/aromatic N) is 3. The van der Waals surface area contributed by atoms with Crippen molar-refractivity contribution in [2.75, 3.05) is 27.8 Å². The normalized spacial score (nSPS) is 16.6. The fourth-order valence-electron chi connectivity index (χ4n) is 9.78. The first-order valence-corrected chi connectivity index (χ1v) is 20.9. The molecule has 0 unspecified atom stereocenters. The van der Waals surface area contributed by atoms with E-state index in [-0.39, 0.29) is 5.41 Å². The molecule has 58 heavy (non-hydrogen) atoms. The first-order valence-electron chi connectivity index (χ1n) is 20.9. The van der Waals surface area contributed by atoms with Crippen LogP contribution in [0.5, 0.6) is 0 Å². The molecule has 3 nitrogen and oxygen atoms in total. The van der Waals surface area contributed by atoms with Crippen LogP contribution in [0.4, 0.5) is 28.4 Å². The quantitative estimate of drug-likeness (QED) is 0.113. The van der Waals surface area contributed by atoms with Crippen LogP contribution >= 0.6 is 0 Å². The Labute approximate surface area is 343 Å². The minimum atomic E-state index is -0.102. The van der Waals surface area contributed by atoms with E-state index < -0.39 is 0 Å². The van der Waals surface area contributed by atoms with E-state index in [1.807, 2.05) is 18.2 Å². The minimum absolute atomic E-state index is 0.102. The van der Waals surface area contributed by atoms with Gasteiger partial charge in [-0.2, -0.15) is 0 Å². The Morgan fingerprint density at radius 2 is 1.43 bits per heavy atom. The molecule has 10 rings (SSSR count). The molecule has 2 heterocycles. The predicted octanol–water partition coefficient (Wildman–Crippen LogP) is 14.2. The van der Waals surface area contributed by atoms with Crippen LogP contribution in [0.3, 0.4) is 0 Å². The van der Waals surface area contributed by atoms with Crippen molar-refractivity contribution in [3.05, 3.63) is 210 Å². The average molecular weight is 752 g/mol. The number of allylic oxidation sites excluding steroid dienone is 7. The topological polar surface area (TPSA) is 9.72 Å². The molecule has 0 spiro atoms.